The van der Waals surface area contributed by atoms with Crippen LogP contribution in [0.5, 0.6) is 0 Å². The summed E-state index contributed by atoms with van der Waals surface area (Å²) in [5.41, 5.74) is 0.992. The Kier molecular flexibility index (Phi) is 5.28. The Morgan fingerprint density at radius 3 is 2.56 bits per heavy atom. The first kappa shape index (κ1) is 14.6. The van der Waals surface area contributed by atoms with Gasteiger partial charge >= 0.3 is 0 Å². The quantitative estimate of drug-likeness (QED) is 0.811. The molecule has 1 rings (SSSR count). The van der Waals surface area contributed by atoms with Gasteiger partial charge in [0.05, 0.1) is 6.54 Å². The van der Waals surface area contributed by atoms with E-state index in [4.69, 9.17) is 0 Å². The second-order valence-corrected chi connectivity index (χ2v) is 5.17. The van der Waals surface area contributed by atoms with Gasteiger partial charge in [-0.3, -0.25) is 9.78 Å². The summed E-state index contributed by atoms with van der Waals surface area (Å²) >= 11 is 0. The second-order valence-electron chi connectivity index (χ2n) is 5.17. The lowest BCUT2D eigenvalue weighted by molar-refractivity contribution is -0.122. The monoisotopic (exact) mass is 249 g/mol. The first-order valence-corrected chi connectivity index (χ1v) is 6.39. The molecule has 1 atom stereocenters. The van der Waals surface area contributed by atoms with Crippen molar-refractivity contribution in [3.8, 4) is 0 Å². The number of carbonyl (C=O) groups is 1. The summed E-state index contributed by atoms with van der Waals surface area (Å²) < 4.78 is 0. The highest BCUT2D eigenvalue weighted by atomic mass is 16.2. The molecule has 1 aromatic heterocycles. The van der Waals surface area contributed by atoms with Gasteiger partial charge in [-0.25, -0.2) is 0 Å². The minimum atomic E-state index is -0.140. The summed E-state index contributed by atoms with van der Waals surface area (Å²) in [6.45, 7) is 8.47. The van der Waals surface area contributed by atoms with E-state index in [2.05, 4.69) is 22.5 Å². The van der Waals surface area contributed by atoms with E-state index in [1.807, 2.05) is 32.9 Å². The first-order valence-electron chi connectivity index (χ1n) is 6.39. The number of amides is 1. The minimum Gasteiger partial charge on any atom is -0.350 e. The molecule has 0 aliphatic heterocycles. The Morgan fingerprint density at radius 2 is 2.00 bits per heavy atom. The lowest BCUT2D eigenvalue weighted by atomic mass is 10.0. The zero-order chi connectivity index (χ0) is 13.6. The van der Waals surface area contributed by atoms with Crippen molar-refractivity contribution in [1.29, 1.82) is 0 Å². The highest BCUT2D eigenvalue weighted by molar-refractivity contribution is 5.78. The highest BCUT2D eigenvalue weighted by Crippen LogP contribution is 2.10. The normalized spacial score (nSPS) is 13.1. The van der Waals surface area contributed by atoms with E-state index in [0.29, 0.717) is 6.54 Å². The summed E-state index contributed by atoms with van der Waals surface area (Å²) in [6.07, 6.45) is 4.43. The fourth-order valence-electron chi connectivity index (χ4n) is 1.53. The average Bonchev–Trinajstić information content (AvgIpc) is 2.36. The molecule has 0 bridgehead atoms. The highest BCUT2D eigenvalue weighted by Gasteiger charge is 2.17. The molecule has 0 fully saturated rings. The summed E-state index contributed by atoms with van der Waals surface area (Å²) in [6, 6.07) is 4.04. The van der Waals surface area contributed by atoms with E-state index in [1.54, 1.807) is 12.4 Å². The van der Waals surface area contributed by atoms with Crippen molar-refractivity contribution in [2.45, 2.75) is 45.7 Å². The number of hydrogen-bond acceptors (Lipinski definition) is 3. The zero-order valence-electron chi connectivity index (χ0n) is 11.7. The standard InChI is InChI=1S/C14H23N3O/c1-5-14(3,4)17-13(18)10-16-11(2)12-6-8-15-9-7-12/h6-9,11,16H,5,10H2,1-4H3,(H,17,18)/t11-/m0/s1. The molecule has 0 saturated heterocycles. The van der Waals surface area contributed by atoms with Crippen LogP contribution in [-0.4, -0.2) is 23.0 Å². The predicted octanol–water partition coefficient (Wildman–Crippen LogP) is 2.04. The van der Waals surface area contributed by atoms with Crippen LogP contribution >= 0.6 is 0 Å². The molecule has 2 N–H and O–H groups in total. The van der Waals surface area contributed by atoms with E-state index >= 15 is 0 Å². The van der Waals surface area contributed by atoms with Gasteiger partial charge < -0.3 is 10.6 Å². The molecule has 4 nitrogen and oxygen atoms in total. The van der Waals surface area contributed by atoms with Gasteiger partial charge in [-0.05, 0) is 44.9 Å². The molecule has 0 saturated carbocycles. The zero-order valence-corrected chi connectivity index (χ0v) is 11.7. The van der Waals surface area contributed by atoms with Gasteiger partial charge in [-0.1, -0.05) is 6.92 Å². The van der Waals surface area contributed by atoms with Gasteiger partial charge in [-0.2, -0.15) is 0 Å². The maximum Gasteiger partial charge on any atom is 0.234 e. The summed E-state index contributed by atoms with van der Waals surface area (Å²) in [5, 5.41) is 6.20. The number of carbonyl (C=O) groups excluding carboxylic acids is 1. The Balaban J connectivity index is 2.39. The third-order valence-electron chi connectivity index (χ3n) is 3.14. The van der Waals surface area contributed by atoms with Crippen LogP contribution in [0.2, 0.25) is 0 Å². The Morgan fingerprint density at radius 1 is 1.39 bits per heavy atom. The summed E-state index contributed by atoms with van der Waals surface area (Å²) in [5.74, 6) is 0.0303. The number of aromatic nitrogens is 1. The molecule has 0 unspecified atom stereocenters. The molecule has 0 radical (unpaired) electrons. The van der Waals surface area contributed by atoms with Crippen molar-refractivity contribution in [3.05, 3.63) is 30.1 Å². The second kappa shape index (κ2) is 6.50. The van der Waals surface area contributed by atoms with Crippen LogP contribution in [0.25, 0.3) is 0 Å². The third kappa shape index (κ3) is 4.84. The summed E-state index contributed by atoms with van der Waals surface area (Å²) in [7, 11) is 0. The van der Waals surface area contributed by atoms with Gasteiger partial charge in [0.15, 0.2) is 0 Å². The van der Waals surface area contributed by atoms with Crippen molar-refractivity contribution in [1.82, 2.24) is 15.6 Å². The first-order chi connectivity index (χ1) is 8.44. The maximum absolute atomic E-state index is 11.8. The van der Waals surface area contributed by atoms with E-state index < -0.39 is 0 Å². The Bertz CT molecular complexity index is 376. The lowest BCUT2D eigenvalue weighted by Crippen LogP contribution is -2.46. The number of hydrogen-bond donors (Lipinski definition) is 2. The van der Waals surface area contributed by atoms with Crippen LogP contribution in [0.4, 0.5) is 0 Å². The molecular weight excluding hydrogens is 226 g/mol. The van der Waals surface area contributed by atoms with Crippen LogP contribution in [0, 0.1) is 0 Å². The van der Waals surface area contributed by atoms with E-state index in [0.717, 1.165) is 12.0 Å². The average molecular weight is 249 g/mol. The van der Waals surface area contributed by atoms with Crippen molar-refractivity contribution in [3.63, 3.8) is 0 Å². The summed E-state index contributed by atoms with van der Waals surface area (Å²) in [4.78, 5) is 15.7. The number of nitrogens with one attached hydrogen (secondary N) is 2. The fourth-order valence-corrected chi connectivity index (χ4v) is 1.53. The van der Waals surface area contributed by atoms with Gasteiger partial charge in [0.1, 0.15) is 0 Å². The van der Waals surface area contributed by atoms with Crippen LogP contribution in [0.3, 0.4) is 0 Å². The Hall–Kier alpha value is -1.42. The van der Waals surface area contributed by atoms with Crippen LogP contribution in [0.1, 0.15) is 45.7 Å². The minimum absolute atomic E-state index is 0.0303. The number of rotatable bonds is 6. The van der Waals surface area contributed by atoms with E-state index in [-0.39, 0.29) is 17.5 Å². The molecule has 100 valence electrons. The smallest absolute Gasteiger partial charge is 0.234 e. The molecule has 0 aliphatic carbocycles. The van der Waals surface area contributed by atoms with E-state index in [9.17, 15) is 4.79 Å². The lowest BCUT2D eigenvalue weighted by Gasteiger charge is -2.25. The van der Waals surface area contributed by atoms with Gasteiger partial charge in [0, 0.05) is 24.0 Å². The molecular formula is C14H23N3O. The van der Waals surface area contributed by atoms with Gasteiger partial charge in [0.2, 0.25) is 5.91 Å². The van der Waals surface area contributed by atoms with Crippen LogP contribution in [-0.2, 0) is 4.79 Å². The molecule has 1 heterocycles. The topological polar surface area (TPSA) is 54.0 Å². The van der Waals surface area contributed by atoms with Crippen molar-refractivity contribution in [2.75, 3.05) is 6.54 Å². The maximum atomic E-state index is 11.8. The third-order valence-corrected chi connectivity index (χ3v) is 3.14. The number of pyridine rings is 1. The SMILES string of the molecule is CCC(C)(C)NC(=O)CN[C@@H](C)c1ccncc1. The Labute approximate surface area is 109 Å². The van der Waals surface area contributed by atoms with Crippen LogP contribution in [0.15, 0.2) is 24.5 Å². The van der Waals surface area contributed by atoms with E-state index in [1.165, 1.54) is 0 Å². The molecule has 1 amide bonds. The van der Waals surface area contributed by atoms with Crippen molar-refractivity contribution >= 4 is 5.91 Å². The molecule has 4 heteroatoms. The number of nitrogens with zero attached hydrogens (tertiary/aromatic N) is 1. The van der Waals surface area contributed by atoms with Crippen molar-refractivity contribution < 1.29 is 4.79 Å². The molecule has 18 heavy (non-hydrogen) atoms. The van der Waals surface area contributed by atoms with Gasteiger partial charge in [0.25, 0.3) is 0 Å². The molecule has 0 aromatic carbocycles. The van der Waals surface area contributed by atoms with Crippen molar-refractivity contribution in [2.24, 2.45) is 0 Å². The van der Waals surface area contributed by atoms with Gasteiger partial charge in [-0.15, -0.1) is 0 Å². The molecule has 1 aromatic rings. The molecule has 0 aliphatic rings. The predicted molar refractivity (Wildman–Crippen MR) is 73.2 cm³/mol. The largest absolute Gasteiger partial charge is 0.350 e. The van der Waals surface area contributed by atoms with Crippen LogP contribution < -0.4 is 10.6 Å². The fraction of sp³-hybridized carbons (Fsp3) is 0.571. The molecule has 0 spiro atoms.